The van der Waals surface area contributed by atoms with Gasteiger partial charge in [-0.05, 0) is 37.9 Å². The number of rotatable bonds is 4. The van der Waals surface area contributed by atoms with E-state index < -0.39 is 0 Å². The highest BCUT2D eigenvalue weighted by Crippen LogP contribution is 2.27. The Balaban J connectivity index is 1.73. The summed E-state index contributed by atoms with van der Waals surface area (Å²) in [6, 6.07) is 2.14. The van der Waals surface area contributed by atoms with E-state index >= 15 is 0 Å². The average molecular weight is 337 g/mol. The van der Waals surface area contributed by atoms with E-state index in [2.05, 4.69) is 32.1 Å². The van der Waals surface area contributed by atoms with E-state index in [0.717, 1.165) is 50.7 Å². The fourth-order valence-corrected chi connectivity index (χ4v) is 4.34. The average Bonchev–Trinajstić information content (AvgIpc) is 2.87. The number of hydrogen-bond donors (Lipinski definition) is 1. The Kier molecular flexibility index (Phi) is 6.00. The molecule has 3 heterocycles. The minimum absolute atomic E-state index is 0.274. The maximum absolute atomic E-state index is 9.43. The van der Waals surface area contributed by atoms with Gasteiger partial charge in [-0.1, -0.05) is 6.42 Å². The quantitative estimate of drug-likeness (QED) is 0.911. The first-order valence-electron chi connectivity index (χ1n) is 8.75. The van der Waals surface area contributed by atoms with Crippen LogP contribution in [0.3, 0.4) is 0 Å². The van der Waals surface area contributed by atoms with Crippen LogP contribution >= 0.6 is 11.8 Å². The summed E-state index contributed by atoms with van der Waals surface area (Å²) in [5.74, 6) is 2.45. The molecule has 1 N–H and O–H groups in total. The summed E-state index contributed by atoms with van der Waals surface area (Å²) in [6.45, 7) is 4.38. The maximum Gasteiger partial charge on any atom is 0.134 e. The molecule has 0 aromatic carbocycles. The lowest BCUT2D eigenvalue weighted by Gasteiger charge is -2.33. The molecule has 1 aromatic heterocycles. The molecule has 0 aliphatic carbocycles. The predicted molar refractivity (Wildman–Crippen MR) is 97.4 cm³/mol. The fourth-order valence-electron chi connectivity index (χ4n) is 3.61. The van der Waals surface area contributed by atoms with Gasteiger partial charge >= 0.3 is 0 Å². The molecule has 0 amide bonds. The summed E-state index contributed by atoms with van der Waals surface area (Å²) in [4.78, 5) is 13.8. The van der Waals surface area contributed by atoms with Crippen molar-refractivity contribution in [2.75, 3.05) is 48.8 Å². The summed E-state index contributed by atoms with van der Waals surface area (Å²) in [5, 5.41) is 10.1. The molecule has 0 saturated carbocycles. The van der Waals surface area contributed by atoms with Gasteiger partial charge in [0.25, 0.3) is 0 Å². The zero-order chi connectivity index (χ0) is 16.1. The van der Waals surface area contributed by atoms with Gasteiger partial charge in [-0.2, -0.15) is 11.8 Å². The Hall–Kier alpha value is -1.01. The monoisotopic (exact) mass is 336 g/mol. The second-order valence-corrected chi connectivity index (χ2v) is 7.81. The molecular formula is C17H28N4OS. The van der Waals surface area contributed by atoms with Gasteiger partial charge in [0.1, 0.15) is 18.0 Å². The Morgan fingerprint density at radius 1 is 1.09 bits per heavy atom. The van der Waals surface area contributed by atoms with Crippen molar-refractivity contribution < 1.29 is 5.11 Å². The molecule has 6 heteroatoms. The molecule has 1 aromatic rings. The second-order valence-electron chi connectivity index (χ2n) is 6.67. The van der Waals surface area contributed by atoms with Crippen molar-refractivity contribution in [3.8, 4) is 0 Å². The number of hydrogen-bond acceptors (Lipinski definition) is 6. The lowest BCUT2D eigenvalue weighted by atomic mass is 9.99. The molecule has 5 nitrogen and oxygen atoms in total. The van der Waals surface area contributed by atoms with E-state index in [1.54, 1.807) is 6.33 Å². The van der Waals surface area contributed by atoms with Gasteiger partial charge in [0.2, 0.25) is 0 Å². The molecule has 0 unspecified atom stereocenters. The largest absolute Gasteiger partial charge is 0.396 e. The number of anilines is 2. The molecule has 23 heavy (non-hydrogen) atoms. The van der Waals surface area contributed by atoms with Crippen LogP contribution in [-0.2, 0) is 0 Å². The van der Waals surface area contributed by atoms with Crippen molar-refractivity contribution in [1.29, 1.82) is 0 Å². The van der Waals surface area contributed by atoms with Crippen molar-refractivity contribution in [3.05, 3.63) is 12.4 Å². The highest BCUT2D eigenvalue weighted by atomic mass is 32.2. The molecule has 128 valence electrons. The van der Waals surface area contributed by atoms with E-state index in [1.165, 1.54) is 19.3 Å². The van der Waals surface area contributed by atoms with Crippen LogP contribution < -0.4 is 9.80 Å². The van der Waals surface area contributed by atoms with Crippen LogP contribution in [0, 0.1) is 5.92 Å². The fraction of sp³-hybridized carbons (Fsp3) is 0.765. The number of thioether (sulfide) groups is 1. The summed E-state index contributed by atoms with van der Waals surface area (Å²) in [5.41, 5.74) is 0. The van der Waals surface area contributed by atoms with E-state index in [4.69, 9.17) is 0 Å². The van der Waals surface area contributed by atoms with Crippen molar-refractivity contribution in [1.82, 2.24) is 9.97 Å². The summed E-state index contributed by atoms with van der Waals surface area (Å²) in [6.07, 6.45) is 10.0. The maximum atomic E-state index is 9.43. The van der Waals surface area contributed by atoms with Gasteiger partial charge in [0.15, 0.2) is 0 Å². The summed E-state index contributed by atoms with van der Waals surface area (Å²) >= 11 is 1.97. The van der Waals surface area contributed by atoms with Crippen molar-refractivity contribution in [2.45, 2.75) is 37.4 Å². The van der Waals surface area contributed by atoms with Crippen molar-refractivity contribution >= 4 is 23.4 Å². The molecule has 2 aliphatic rings. The molecule has 0 spiro atoms. The molecule has 2 saturated heterocycles. The first-order chi connectivity index (χ1) is 11.3. The third-order valence-electron chi connectivity index (χ3n) is 5.02. The third-order valence-corrected chi connectivity index (χ3v) is 6.08. The first-order valence-corrected chi connectivity index (χ1v) is 10.0. The topological polar surface area (TPSA) is 52.5 Å². The van der Waals surface area contributed by atoms with Crippen LogP contribution in [-0.4, -0.2) is 59.4 Å². The summed E-state index contributed by atoms with van der Waals surface area (Å²) < 4.78 is 0. The standard InChI is InChI=1S/C17H28N4OS/c1-23-15-6-2-3-7-21(11-15)17-9-16(18-13-19-17)20-8-4-5-14(10-20)12-22/h9,13-15,22H,2-8,10-12H2,1H3/t14-,15+/m1/s1. The Morgan fingerprint density at radius 2 is 1.83 bits per heavy atom. The summed E-state index contributed by atoms with van der Waals surface area (Å²) in [7, 11) is 0. The zero-order valence-corrected chi connectivity index (χ0v) is 14.8. The van der Waals surface area contributed by atoms with Gasteiger partial charge in [0.05, 0.1) is 0 Å². The molecule has 2 aliphatic heterocycles. The Labute approximate surface area is 143 Å². The number of nitrogens with zero attached hydrogens (tertiary/aromatic N) is 4. The number of aliphatic hydroxyl groups excluding tert-OH is 1. The lowest BCUT2D eigenvalue weighted by Crippen LogP contribution is -2.37. The highest BCUT2D eigenvalue weighted by Gasteiger charge is 2.22. The highest BCUT2D eigenvalue weighted by molar-refractivity contribution is 7.99. The van der Waals surface area contributed by atoms with Gasteiger partial charge in [-0.15, -0.1) is 0 Å². The van der Waals surface area contributed by atoms with Gasteiger partial charge in [-0.3, -0.25) is 0 Å². The van der Waals surface area contributed by atoms with E-state index in [1.807, 2.05) is 11.8 Å². The predicted octanol–water partition coefficient (Wildman–Crippen LogP) is 2.41. The molecule has 3 rings (SSSR count). The van der Waals surface area contributed by atoms with Crippen LogP contribution in [0.1, 0.15) is 32.1 Å². The van der Waals surface area contributed by atoms with Crippen LogP contribution in [0.5, 0.6) is 0 Å². The van der Waals surface area contributed by atoms with Crippen molar-refractivity contribution in [2.24, 2.45) is 5.92 Å². The SMILES string of the molecule is CS[C@H]1CCCCN(c2cc(N3CCC[C@@H](CO)C3)ncn2)C1. The van der Waals surface area contributed by atoms with Gasteiger partial charge in [-0.25, -0.2) is 9.97 Å². The van der Waals surface area contributed by atoms with Crippen LogP contribution in [0.2, 0.25) is 0 Å². The third kappa shape index (κ3) is 4.29. The minimum atomic E-state index is 0.274. The van der Waals surface area contributed by atoms with E-state index in [0.29, 0.717) is 11.2 Å². The molecule has 0 bridgehead atoms. The molecule has 0 radical (unpaired) electrons. The lowest BCUT2D eigenvalue weighted by molar-refractivity contribution is 0.208. The Bertz CT molecular complexity index is 501. The number of aliphatic hydroxyl groups is 1. The van der Waals surface area contributed by atoms with Crippen LogP contribution in [0.4, 0.5) is 11.6 Å². The van der Waals surface area contributed by atoms with Crippen LogP contribution in [0.15, 0.2) is 12.4 Å². The normalized spacial score (nSPS) is 26.2. The van der Waals surface area contributed by atoms with E-state index in [9.17, 15) is 5.11 Å². The first kappa shape index (κ1) is 16.8. The van der Waals surface area contributed by atoms with Gasteiger partial charge in [0, 0.05) is 44.1 Å². The number of piperidine rings is 1. The minimum Gasteiger partial charge on any atom is -0.396 e. The molecule has 2 atom stereocenters. The zero-order valence-electron chi connectivity index (χ0n) is 14.0. The molecular weight excluding hydrogens is 308 g/mol. The Morgan fingerprint density at radius 3 is 2.57 bits per heavy atom. The smallest absolute Gasteiger partial charge is 0.134 e. The second kappa shape index (κ2) is 8.20. The van der Waals surface area contributed by atoms with Crippen LogP contribution in [0.25, 0.3) is 0 Å². The van der Waals surface area contributed by atoms with E-state index in [-0.39, 0.29) is 6.61 Å². The molecule has 2 fully saturated rings. The number of aromatic nitrogens is 2. The van der Waals surface area contributed by atoms with Gasteiger partial charge < -0.3 is 14.9 Å². The van der Waals surface area contributed by atoms with Crippen molar-refractivity contribution in [3.63, 3.8) is 0 Å².